The van der Waals surface area contributed by atoms with Crippen LogP contribution in [0.15, 0.2) is 0 Å². The van der Waals surface area contributed by atoms with Gasteiger partial charge >= 0.3 is 7.83 Å². The molecule has 0 aliphatic rings. The highest BCUT2D eigenvalue weighted by Gasteiger charge is 2.18. The molecule has 0 unspecified atom stereocenters. The van der Waals surface area contributed by atoms with Crippen molar-refractivity contribution < 1.29 is 16.8 Å². The lowest BCUT2D eigenvalue weighted by Crippen LogP contribution is -2.14. The molecule has 0 amide bonds. The summed E-state index contributed by atoms with van der Waals surface area (Å²) in [5.74, 6) is 0. The van der Waals surface area contributed by atoms with Gasteiger partial charge in [-0.1, -0.05) is 0 Å². The van der Waals surface area contributed by atoms with E-state index in [4.69, 9.17) is 5.16 Å². The quantitative estimate of drug-likeness (QED) is 0.619. The molecule has 0 aliphatic carbocycles. The Balaban J connectivity index is 4.26. The number of rotatable bonds is 2. The number of halogens is 2. The van der Waals surface area contributed by atoms with E-state index in [0.29, 0.717) is 6.26 Å². The Bertz CT molecular complexity index is 229. The molecule has 2 N–H and O–H groups in total. The predicted octanol–water partition coefficient (Wildman–Crippen LogP) is 1.000. The average molecular weight is 178 g/mol. The summed E-state index contributed by atoms with van der Waals surface area (Å²) in [6.07, 6.45) is 0.579. The smallest absolute Gasteiger partial charge is 0.248 e. The van der Waals surface area contributed by atoms with Crippen molar-refractivity contribution >= 4 is 17.8 Å². The molecule has 0 atom stereocenters. The summed E-state index contributed by atoms with van der Waals surface area (Å²) in [7, 11) is -9.05. The minimum Gasteiger partial charge on any atom is -0.248 e. The van der Waals surface area contributed by atoms with Crippen LogP contribution in [0.4, 0.5) is 8.39 Å². The van der Waals surface area contributed by atoms with Gasteiger partial charge in [0, 0.05) is 0 Å². The van der Waals surface area contributed by atoms with Gasteiger partial charge in [0.15, 0.2) is 0 Å². The number of nitrogens with one attached hydrogen (secondary N) is 2. The molecule has 0 fully saturated rings. The summed E-state index contributed by atoms with van der Waals surface area (Å²) < 4.78 is 43.8. The van der Waals surface area contributed by atoms with Gasteiger partial charge in [-0.15, -0.1) is 4.49 Å². The summed E-state index contributed by atoms with van der Waals surface area (Å²) in [5, 5.41) is 5.87. The van der Waals surface area contributed by atoms with Crippen LogP contribution in [-0.4, -0.2) is 14.7 Å². The average Bonchev–Trinajstić information content (AvgIpc) is 1.14. The Morgan fingerprint density at radius 3 is 1.89 bits per heavy atom. The molecule has 0 spiro atoms. The fourth-order valence-corrected chi connectivity index (χ4v) is 1.87. The molecule has 56 valence electrons. The van der Waals surface area contributed by atoms with Crippen molar-refractivity contribution in [3.63, 3.8) is 0 Å². The van der Waals surface area contributed by atoms with Crippen LogP contribution in [0.2, 0.25) is 0 Å². The van der Waals surface area contributed by atoms with Crippen LogP contribution in [0.3, 0.4) is 0 Å². The van der Waals surface area contributed by atoms with Crippen LogP contribution in [0.5, 0.6) is 0 Å². The maximum absolute atomic E-state index is 11.5. The molecule has 0 aromatic heterocycles. The van der Waals surface area contributed by atoms with E-state index in [-0.39, 0.29) is 0 Å². The lowest BCUT2D eigenvalue weighted by Gasteiger charge is -1.99. The summed E-state index contributed by atoms with van der Waals surface area (Å²) in [4.78, 5) is 0. The first kappa shape index (κ1) is 9.00. The van der Waals surface area contributed by atoms with Gasteiger partial charge in [0.1, 0.15) is 0 Å². The van der Waals surface area contributed by atoms with E-state index >= 15 is 0 Å². The van der Waals surface area contributed by atoms with Crippen LogP contribution in [0, 0.1) is 5.16 Å². The number of hydrogen-bond donors (Lipinski definition) is 2. The van der Waals surface area contributed by atoms with E-state index in [1.54, 1.807) is 0 Å². The second-order valence-corrected chi connectivity index (χ2v) is 4.68. The topological polar surface area (TPSA) is 70.0 Å². The maximum atomic E-state index is 11.5. The van der Waals surface area contributed by atoms with Gasteiger partial charge < -0.3 is 0 Å². The van der Waals surface area contributed by atoms with Gasteiger partial charge in [0.2, 0.25) is 10.0 Å². The molecule has 0 heterocycles. The van der Waals surface area contributed by atoms with Crippen molar-refractivity contribution in [3.8, 4) is 0 Å². The molecule has 0 saturated heterocycles. The minimum atomic E-state index is -5.13. The van der Waals surface area contributed by atoms with Crippen LogP contribution >= 0.6 is 7.83 Å². The van der Waals surface area contributed by atoms with E-state index in [9.17, 15) is 16.8 Å². The van der Waals surface area contributed by atoms with E-state index < -0.39 is 17.8 Å². The highest BCUT2D eigenvalue weighted by Crippen LogP contribution is 2.45. The van der Waals surface area contributed by atoms with Gasteiger partial charge in [0.05, 0.1) is 6.26 Å². The zero-order valence-corrected chi connectivity index (χ0v) is 6.14. The lowest BCUT2D eigenvalue weighted by atomic mass is 12.0. The van der Waals surface area contributed by atoms with Crippen LogP contribution in [0.1, 0.15) is 0 Å². The molecule has 0 rings (SSSR count). The highest BCUT2D eigenvalue weighted by atomic mass is 32.2. The molecule has 8 heteroatoms. The standard InChI is InChI=1S/CH5F2N2O2PS/c1-9(6,7)5-8(2,3)4/h1H3,(H2,4,5). The summed E-state index contributed by atoms with van der Waals surface area (Å²) in [6.45, 7) is 0. The third kappa shape index (κ3) is 8.00. The summed E-state index contributed by atoms with van der Waals surface area (Å²) in [5.41, 5.74) is 0. The SMILES string of the molecule is CS(=O)(=O)NP(=N)(F)F. The van der Waals surface area contributed by atoms with Crippen molar-refractivity contribution in [3.05, 3.63) is 0 Å². The molecular weight excluding hydrogens is 173 g/mol. The Morgan fingerprint density at radius 1 is 1.56 bits per heavy atom. The van der Waals surface area contributed by atoms with Crippen LogP contribution < -0.4 is 4.49 Å². The molecule has 0 aliphatic heterocycles. The maximum Gasteiger partial charge on any atom is 0.375 e. The van der Waals surface area contributed by atoms with Crippen LogP contribution in [0.25, 0.3) is 0 Å². The van der Waals surface area contributed by atoms with Crippen molar-refractivity contribution in [2.24, 2.45) is 0 Å². The second kappa shape index (κ2) is 2.32. The largest absolute Gasteiger partial charge is 0.375 e. The first-order chi connectivity index (χ1) is 3.71. The molecule has 0 radical (unpaired) electrons. The van der Waals surface area contributed by atoms with Gasteiger partial charge in [-0.05, 0) is 0 Å². The number of hydrogen-bond acceptors (Lipinski definition) is 3. The van der Waals surface area contributed by atoms with E-state index in [2.05, 4.69) is 0 Å². The Morgan fingerprint density at radius 2 is 1.89 bits per heavy atom. The van der Waals surface area contributed by atoms with Crippen molar-refractivity contribution in [2.75, 3.05) is 6.26 Å². The molecule has 0 saturated carbocycles. The molecular formula is CH5F2N2O2PS. The predicted molar refractivity (Wildman–Crippen MR) is 29.8 cm³/mol. The van der Waals surface area contributed by atoms with Gasteiger partial charge in [0.25, 0.3) is 0 Å². The highest BCUT2D eigenvalue weighted by molar-refractivity contribution is 7.94. The second-order valence-electron chi connectivity index (χ2n) is 1.38. The molecule has 0 bridgehead atoms. The normalized spacial score (nSPS) is 13.7. The summed E-state index contributed by atoms with van der Waals surface area (Å²) in [6, 6.07) is 0. The van der Waals surface area contributed by atoms with Crippen LogP contribution in [-0.2, 0) is 10.0 Å². The van der Waals surface area contributed by atoms with Gasteiger partial charge in [-0.2, -0.15) is 8.39 Å². The van der Waals surface area contributed by atoms with E-state index in [1.165, 1.54) is 0 Å². The Labute approximate surface area is 51.5 Å². The fraction of sp³-hybridized carbons (Fsp3) is 1.00. The van der Waals surface area contributed by atoms with E-state index in [0.717, 1.165) is 4.49 Å². The zero-order chi connectivity index (χ0) is 7.71. The molecule has 9 heavy (non-hydrogen) atoms. The third-order valence-electron chi connectivity index (χ3n) is 0.280. The third-order valence-corrected chi connectivity index (χ3v) is 2.52. The Kier molecular flexibility index (Phi) is 2.32. The first-order valence-electron chi connectivity index (χ1n) is 1.73. The van der Waals surface area contributed by atoms with E-state index in [1.807, 2.05) is 0 Å². The lowest BCUT2D eigenvalue weighted by molar-refractivity contribution is 0.594. The fourth-order valence-electron chi connectivity index (χ4n) is 0.208. The van der Waals surface area contributed by atoms with Gasteiger partial charge in [-0.25, -0.2) is 13.6 Å². The Hall–Kier alpha value is -0.0000000000000000555. The minimum absolute atomic E-state index is 0.579. The summed E-state index contributed by atoms with van der Waals surface area (Å²) >= 11 is 0. The molecule has 4 nitrogen and oxygen atoms in total. The van der Waals surface area contributed by atoms with Crippen molar-refractivity contribution in [1.29, 1.82) is 5.16 Å². The van der Waals surface area contributed by atoms with Gasteiger partial charge in [-0.3, -0.25) is 0 Å². The molecule has 0 aromatic carbocycles. The van der Waals surface area contributed by atoms with Crippen molar-refractivity contribution in [1.82, 2.24) is 4.49 Å². The molecule has 0 aromatic rings. The van der Waals surface area contributed by atoms with Crippen molar-refractivity contribution in [2.45, 2.75) is 0 Å². The zero-order valence-electron chi connectivity index (χ0n) is 4.43. The first-order valence-corrected chi connectivity index (χ1v) is 5.19. The number of sulfonamides is 1. The monoisotopic (exact) mass is 178 g/mol.